The van der Waals surface area contributed by atoms with Crippen molar-refractivity contribution in [2.24, 2.45) is 0 Å². The van der Waals surface area contributed by atoms with Gasteiger partial charge in [0.15, 0.2) is 0 Å². The van der Waals surface area contributed by atoms with Crippen molar-refractivity contribution >= 4 is 0 Å². The molecular weight excluding hydrogens is 214 g/mol. The molecule has 2 rings (SSSR count). The summed E-state index contributed by atoms with van der Waals surface area (Å²) in [5, 5.41) is 22.5. The molecule has 0 bridgehead atoms. The third kappa shape index (κ3) is 4.11. The van der Waals surface area contributed by atoms with Gasteiger partial charge in [-0.2, -0.15) is 0 Å². The highest BCUT2D eigenvalue weighted by Gasteiger charge is 2.25. The van der Waals surface area contributed by atoms with Crippen LogP contribution in [0.15, 0.2) is 30.3 Å². The Morgan fingerprint density at radius 2 is 1.65 bits per heavy atom. The summed E-state index contributed by atoms with van der Waals surface area (Å²) in [6.07, 6.45) is 2.32. The van der Waals surface area contributed by atoms with Gasteiger partial charge < -0.3 is 15.5 Å². The normalized spacial score (nSPS) is 29.2. The number of rotatable bonds is 4. The van der Waals surface area contributed by atoms with Gasteiger partial charge in [0.2, 0.25) is 0 Å². The molecule has 1 saturated carbocycles. The predicted octanol–water partition coefficient (Wildman–Crippen LogP) is 1.09. The highest BCUT2D eigenvalue weighted by atomic mass is 16.3. The molecule has 17 heavy (non-hydrogen) atoms. The minimum Gasteiger partial charge on any atom is -0.393 e. The third-order valence-corrected chi connectivity index (χ3v) is 3.35. The Bertz CT molecular complexity index is 318. The summed E-state index contributed by atoms with van der Waals surface area (Å²) in [5.41, 5.74) is 1.32. The third-order valence-electron chi connectivity index (χ3n) is 3.35. The predicted molar refractivity (Wildman–Crippen MR) is 67.8 cm³/mol. The van der Waals surface area contributed by atoms with Crippen molar-refractivity contribution in [3.8, 4) is 0 Å². The van der Waals surface area contributed by atoms with E-state index in [2.05, 4.69) is 17.4 Å². The van der Waals surface area contributed by atoms with Gasteiger partial charge in [-0.1, -0.05) is 30.3 Å². The Morgan fingerprint density at radius 3 is 2.29 bits per heavy atom. The zero-order chi connectivity index (χ0) is 12.1. The number of aliphatic hydroxyl groups excluding tert-OH is 2. The maximum Gasteiger partial charge on any atom is 0.0579 e. The Balaban J connectivity index is 1.71. The molecule has 0 radical (unpaired) electrons. The molecule has 1 fully saturated rings. The smallest absolute Gasteiger partial charge is 0.0579 e. The first kappa shape index (κ1) is 12.6. The number of aliphatic hydroxyl groups is 2. The van der Waals surface area contributed by atoms with E-state index in [0.717, 1.165) is 25.8 Å². The molecule has 3 N–H and O–H groups in total. The minimum atomic E-state index is -0.354. The molecule has 1 aliphatic carbocycles. The maximum atomic E-state index is 9.57. The van der Waals surface area contributed by atoms with Crippen molar-refractivity contribution in [2.45, 2.75) is 43.9 Å². The van der Waals surface area contributed by atoms with Gasteiger partial charge in [0.1, 0.15) is 0 Å². The lowest BCUT2D eigenvalue weighted by molar-refractivity contribution is 0.0252. The lowest BCUT2D eigenvalue weighted by atomic mass is 9.90. The second-order valence-corrected chi connectivity index (χ2v) is 4.90. The van der Waals surface area contributed by atoms with Crippen LogP contribution in [0.2, 0.25) is 0 Å². The van der Waals surface area contributed by atoms with Gasteiger partial charge in [-0.15, -0.1) is 0 Å². The molecule has 1 aromatic rings. The summed E-state index contributed by atoms with van der Waals surface area (Å²) in [4.78, 5) is 0. The van der Waals surface area contributed by atoms with E-state index in [1.165, 1.54) is 5.56 Å². The molecule has 3 nitrogen and oxygen atoms in total. The Labute approximate surface area is 102 Å². The molecule has 0 aromatic heterocycles. The van der Waals surface area contributed by atoms with Gasteiger partial charge in [0.25, 0.3) is 0 Å². The molecule has 2 atom stereocenters. The second kappa shape index (κ2) is 6.15. The van der Waals surface area contributed by atoms with Crippen LogP contribution in [0.3, 0.4) is 0 Å². The fourth-order valence-electron chi connectivity index (χ4n) is 2.49. The van der Waals surface area contributed by atoms with Crippen molar-refractivity contribution < 1.29 is 10.2 Å². The molecule has 94 valence electrons. The van der Waals surface area contributed by atoms with E-state index >= 15 is 0 Å². The highest BCUT2D eigenvalue weighted by molar-refractivity contribution is 5.14. The van der Waals surface area contributed by atoms with E-state index in [4.69, 9.17) is 0 Å². The summed E-state index contributed by atoms with van der Waals surface area (Å²) in [6, 6.07) is 10.6. The van der Waals surface area contributed by atoms with Crippen LogP contribution >= 0.6 is 0 Å². The van der Waals surface area contributed by atoms with Gasteiger partial charge in [-0.05, 0) is 37.8 Å². The van der Waals surface area contributed by atoms with Gasteiger partial charge in [0, 0.05) is 6.04 Å². The summed E-state index contributed by atoms with van der Waals surface area (Å²) in [6.45, 7) is 0.897. The first-order valence-electron chi connectivity index (χ1n) is 6.37. The maximum absolute atomic E-state index is 9.57. The van der Waals surface area contributed by atoms with Crippen LogP contribution in [0.5, 0.6) is 0 Å². The van der Waals surface area contributed by atoms with Crippen molar-refractivity contribution in [2.75, 3.05) is 6.54 Å². The molecule has 1 aromatic carbocycles. The Hall–Kier alpha value is -0.900. The van der Waals surface area contributed by atoms with Crippen LogP contribution in [0, 0.1) is 0 Å². The first-order chi connectivity index (χ1) is 8.24. The lowest BCUT2D eigenvalue weighted by Gasteiger charge is -2.30. The number of nitrogens with one attached hydrogen (secondary N) is 1. The molecule has 1 aliphatic rings. The average Bonchev–Trinajstić information content (AvgIpc) is 2.29. The van der Waals surface area contributed by atoms with Crippen LogP contribution in [-0.2, 0) is 6.42 Å². The number of benzene rings is 1. The van der Waals surface area contributed by atoms with Crippen LogP contribution < -0.4 is 5.32 Å². The highest BCUT2D eigenvalue weighted by Crippen LogP contribution is 2.19. The quantitative estimate of drug-likeness (QED) is 0.732. The monoisotopic (exact) mass is 235 g/mol. The number of hydrogen-bond acceptors (Lipinski definition) is 3. The van der Waals surface area contributed by atoms with E-state index in [-0.39, 0.29) is 18.2 Å². The lowest BCUT2D eigenvalue weighted by Crippen LogP contribution is -2.42. The van der Waals surface area contributed by atoms with Crippen molar-refractivity contribution in [1.82, 2.24) is 5.32 Å². The second-order valence-electron chi connectivity index (χ2n) is 4.90. The van der Waals surface area contributed by atoms with E-state index in [9.17, 15) is 10.2 Å². The van der Waals surface area contributed by atoms with Gasteiger partial charge in [-0.25, -0.2) is 0 Å². The van der Waals surface area contributed by atoms with Crippen LogP contribution in [0.4, 0.5) is 0 Å². The molecular formula is C14H21NO2. The zero-order valence-electron chi connectivity index (χ0n) is 10.0. The van der Waals surface area contributed by atoms with Gasteiger partial charge >= 0.3 is 0 Å². The summed E-state index contributed by atoms with van der Waals surface area (Å²) in [7, 11) is 0. The topological polar surface area (TPSA) is 52.5 Å². The van der Waals surface area contributed by atoms with Crippen molar-refractivity contribution in [3.05, 3.63) is 35.9 Å². The SMILES string of the molecule is OC1CC(O)CC(NCCc2ccccc2)C1. The van der Waals surface area contributed by atoms with Gasteiger partial charge in [0.05, 0.1) is 12.2 Å². The van der Waals surface area contributed by atoms with Crippen molar-refractivity contribution in [1.29, 1.82) is 0 Å². The molecule has 0 spiro atoms. The van der Waals surface area contributed by atoms with Gasteiger partial charge in [-0.3, -0.25) is 0 Å². The van der Waals surface area contributed by atoms with E-state index in [1.807, 2.05) is 18.2 Å². The Morgan fingerprint density at radius 1 is 1.00 bits per heavy atom. The van der Waals surface area contributed by atoms with Crippen LogP contribution in [-0.4, -0.2) is 35.0 Å². The van der Waals surface area contributed by atoms with E-state index in [0.29, 0.717) is 6.42 Å². The largest absolute Gasteiger partial charge is 0.393 e. The fourth-order valence-corrected chi connectivity index (χ4v) is 2.49. The molecule has 0 amide bonds. The average molecular weight is 235 g/mol. The fraction of sp³-hybridized carbons (Fsp3) is 0.571. The van der Waals surface area contributed by atoms with Crippen molar-refractivity contribution in [3.63, 3.8) is 0 Å². The minimum absolute atomic E-state index is 0.248. The summed E-state index contributed by atoms with van der Waals surface area (Å²) >= 11 is 0. The van der Waals surface area contributed by atoms with E-state index in [1.54, 1.807) is 0 Å². The molecule has 0 saturated heterocycles. The van der Waals surface area contributed by atoms with Crippen LogP contribution in [0.1, 0.15) is 24.8 Å². The first-order valence-corrected chi connectivity index (χ1v) is 6.37. The molecule has 2 unspecified atom stereocenters. The van der Waals surface area contributed by atoms with Crippen LogP contribution in [0.25, 0.3) is 0 Å². The zero-order valence-corrected chi connectivity index (χ0v) is 10.0. The Kier molecular flexibility index (Phi) is 4.54. The summed E-state index contributed by atoms with van der Waals surface area (Å²) in [5.74, 6) is 0. The molecule has 0 aliphatic heterocycles. The standard InChI is InChI=1S/C14H21NO2/c16-13-8-12(9-14(17)10-13)15-7-6-11-4-2-1-3-5-11/h1-5,12-17H,6-10H2. The summed E-state index contributed by atoms with van der Waals surface area (Å²) < 4.78 is 0. The number of hydrogen-bond donors (Lipinski definition) is 3. The van der Waals surface area contributed by atoms with E-state index < -0.39 is 0 Å². The molecule has 3 heteroatoms. The molecule has 0 heterocycles.